The number of hydrogen-bond donors (Lipinski definition) is 0. The summed E-state index contributed by atoms with van der Waals surface area (Å²) in [6, 6.07) is 11.9. The minimum absolute atomic E-state index is 0.106. The molecule has 0 aliphatic carbocycles. The van der Waals surface area contributed by atoms with Crippen LogP contribution in [0.1, 0.15) is 39.7 Å². The lowest BCUT2D eigenvalue weighted by molar-refractivity contribution is 0.103. The first-order chi connectivity index (χ1) is 14.4. The molecule has 0 aliphatic heterocycles. The van der Waals surface area contributed by atoms with E-state index in [4.69, 9.17) is 9.47 Å². The van der Waals surface area contributed by atoms with Crippen molar-refractivity contribution in [3.63, 3.8) is 0 Å². The summed E-state index contributed by atoms with van der Waals surface area (Å²) in [4.78, 5) is 12.6. The number of nitrogens with zero attached hydrogens (tertiary/aromatic N) is 2. The summed E-state index contributed by atoms with van der Waals surface area (Å²) in [6.07, 6.45) is 4.99. The zero-order valence-electron chi connectivity index (χ0n) is 17.6. The first-order valence-corrected chi connectivity index (χ1v) is 10.5. The number of aromatic nitrogens is 2. The topological polar surface area (TPSA) is 53.4 Å². The van der Waals surface area contributed by atoms with Gasteiger partial charge in [-0.05, 0) is 77.7 Å². The van der Waals surface area contributed by atoms with Crippen molar-refractivity contribution in [3.05, 3.63) is 81.1 Å². The molecule has 0 aliphatic rings. The number of methoxy groups -OCH3 is 1. The van der Waals surface area contributed by atoms with Gasteiger partial charge < -0.3 is 9.47 Å². The highest BCUT2D eigenvalue weighted by Crippen LogP contribution is 2.25. The summed E-state index contributed by atoms with van der Waals surface area (Å²) in [5.74, 6) is 1.49. The SMILES string of the molecule is CCn1ncc(Br)c1C(=O)/C=C/c1ccc(OC)c(COc2cc(C)ccc2C)c1. The van der Waals surface area contributed by atoms with E-state index in [-0.39, 0.29) is 5.78 Å². The van der Waals surface area contributed by atoms with Gasteiger partial charge in [0.2, 0.25) is 5.78 Å². The molecule has 0 spiro atoms. The number of halogens is 1. The second-order valence-corrected chi connectivity index (χ2v) is 7.84. The van der Waals surface area contributed by atoms with Gasteiger partial charge in [-0.2, -0.15) is 5.10 Å². The summed E-state index contributed by atoms with van der Waals surface area (Å²) >= 11 is 3.40. The molecule has 0 amide bonds. The molecule has 6 heteroatoms. The number of ketones is 1. The Morgan fingerprint density at radius 1 is 1.17 bits per heavy atom. The number of allylic oxidation sites excluding steroid dienone is 1. The van der Waals surface area contributed by atoms with Crippen LogP contribution in [-0.4, -0.2) is 22.7 Å². The second-order valence-electron chi connectivity index (χ2n) is 6.98. The van der Waals surface area contributed by atoms with Crippen molar-refractivity contribution >= 4 is 27.8 Å². The zero-order valence-corrected chi connectivity index (χ0v) is 19.2. The van der Waals surface area contributed by atoms with E-state index in [0.717, 1.165) is 33.8 Å². The number of rotatable bonds is 8. The molecule has 0 atom stereocenters. The van der Waals surface area contributed by atoms with Crippen LogP contribution in [0.3, 0.4) is 0 Å². The zero-order chi connectivity index (χ0) is 21.7. The third kappa shape index (κ3) is 5.00. The van der Waals surface area contributed by atoms with Gasteiger partial charge in [-0.3, -0.25) is 9.48 Å². The van der Waals surface area contributed by atoms with Crippen molar-refractivity contribution in [2.75, 3.05) is 7.11 Å². The fourth-order valence-corrected chi connectivity index (χ4v) is 3.62. The normalized spacial score (nSPS) is 11.1. The van der Waals surface area contributed by atoms with Crippen LogP contribution in [0, 0.1) is 13.8 Å². The smallest absolute Gasteiger partial charge is 0.205 e. The van der Waals surface area contributed by atoms with Crippen molar-refractivity contribution in [1.29, 1.82) is 0 Å². The molecule has 0 fully saturated rings. The maximum Gasteiger partial charge on any atom is 0.205 e. The van der Waals surface area contributed by atoms with E-state index >= 15 is 0 Å². The van der Waals surface area contributed by atoms with Crippen molar-refractivity contribution in [1.82, 2.24) is 9.78 Å². The quantitative estimate of drug-likeness (QED) is 0.311. The van der Waals surface area contributed by atoms with Gasteiger partial charge in [0.15, 0.2) is 0 Å². The lowest BCUT2D eigenvalue weighted by Gasteiger charge is -2.13. The maximum atomic E-state index is 12.6. The van der Waals surface area contributed by atoms with E-state index in [9.17, 15) is 4.79 Å². The van der Waals surface area contributed by atoms with E-state index in [1.54, 1.807) is 30.1 Å². The minimum atomic E-state index is -0.106. The molecule has 30 heavy (non-hydrogen) atoms. The number of benzene rings is 2. The summed E-state index contributed by atoms with van der Waals surface area (Å²) in [7, 11) is 1.64. The van der Waals surface area contributed by atoms with Gasteiger partial charge in [-0.25, -0.2) is 0 Å². The van der Waals surface area contributed by atoms with E-state index in [1.165, 1.54) is 0 Å². The highest BCUT2D eigenvalue weighted by molar-refractivity contribution is 9.10. The number of hydrogen-bond acceptors (Lipinski definition) is 4. The van der Waals surface area contributed by atoms with E-state index in [1.807, 2.05) is 51.1 Å². The number of aryl methyl sites for hydroxylation is 3. The first-order valence-electron chi connectivity index (χ1n) is 9.73. The van der Waals surface area contributed by atoms with Crippen LogP contribution >= 0.6 is 15.9 Å². The van der Waals surface area contributed by atoms with Crippen molar-refractivity contribution in [2.45, 2.75) is 33.9 Å². The van der Waals surface area contributed by atoms with Crippen LogP contribution in [0.15, 0.2) is 53.1 Å². The molecule has 1 aromatic heterocycles. The molecule has 5 nitrogen and oxygen atoms in total. The molecule has 1 heterocycles. The van der Waals surface area contributed by atoms with Gasteiger partial charge in [0.25, 0.3) is 0 Å². The Morgan fingerprint density at radius 3 is 2.70 bits per heavy atom. The maximum absolute atomic E-state index is 12.6. The predicted octanol–water partition coefficient (Wildman–Crippen LogP) is 5.77. The molecule has 0 bridgehead atoms. The van der Waals surface area contributed by atoms with Gasteiger partial charge in [0.1, 0.15) is 23.8 Å². The molecule has 156 valence electrons. The highest BCUT2D eigenvalue weighted by atomic mass is 79.9. The van der Waals surface area contributed by atoms with Gasteiger partial charge >= 0.3 is 0 Å². The molecule has 0 saturated heterocycles. The van der Waals surface area contributed by atoms with Crippen LogP contribution in [0.2, 0.25) is 0 Å². The number of carbonyl (C=O) groups is 1. The Morgan fingerprint density at radius 2 is 1.97 bits per heavy atom. The summed E-state index contributed by atoms with van der Waals surface area (Å²) in [5.41, 5.74) is 4.57. The Balaban J connectivity index is 1.80. The van der Waals surface area contributed by atoms with Crippen LogP contribution in [0.4, 0.5) is 0 Å². The van der Waals surface area contributed by atoms with Crippen molar-refractivity contribution in [3.8, 4) is 11.5 Å². The number of carbonyl (C=O) groups excluding carboxylic acids is 1. The monoisotopic (exact) mass is 468 g/mol. The summed E-state index contributed by atoms with van der Waals surface area (Å²) < 4.78 is 13.9. The van der Waals surface area contributed by atoms with Crippen LogP contribution < -0.4 is 9.47 Å². The average Bonchev–Trinajstić information content (AvgIpc) is 3.13. The average molecular weight is 469 g/mol. The summed E-state index contributed by atoms with van der Waals surface area (Å²) in [6.45, 7) is 7.01. The van der Waals surface area contributed by atoms with Crippen LogP contribution in [-0.2, 0) is 13.2 Å². The molecule has 0 N–H and O–H groups in total. The molecule has 0 radical (unpaired) electrons. The number of ether oxygens (including phenoxy) is 2. The fraction of sp³-hybridized carbons (Fsp3) is 0.250. The molecule has 0 saturated carbocycles. The fourth-order valence-electron chi connectivity index (χ4n) is 3.13. The Hall–Kier alpha value is -2.86. The first kappa shape index (κ1) is 21.8. The van der Waals surface area contributed by atoms with Gasteiger partial charge in [-0.1, -0.05) is 24.3 Å². The lowest BCUT2D eigenvalue weighted by atomic mass is 10.1. The second kappa shape index (κ2) is 9.76. The van der Waals surface area contributed by atoms with E-state index in [0.29, 0.717) is 23.3 Å². The summed E-state index contributed by atoms with van der Waals surface area (Å²) in [5, 5.41) is 4.20. The Kier molecular flexibility index (Phi) is 7.11. The third-order valence-corrected chi connectivity index (χ3v) is 5.37. The molecule has 2 aromatic carbocycles. The Labute approximate surface area is 185 Å². The third-order valence-electron chi connectivity index (χ3n) is 4.79. The molecular weight excluding hydrogens is 444 g/mol. The lowest BCUT2D eigenvalue weighted by Crippen LogP contribution is -2.07. The van der Waals surface area contributed by atoms with Crippen molar-refractivity contribution < 1.29 is 14.3 Å². The van der Waals surface area contributed by atoms with Crippen LogP contribution in [0.25, 0.3) is 6.08 Å². The van der Waals surface area contributed by atoms with Gasteiger partial charge in [0, 0.05) is 12.1 Å². The largest absolute Gasteiger partial charge is 0.496 e. The molecule has 0 unspecified atom stereocenters. The van der Waals surface area contributed by atoms with E-state index < -0.39 is 0 Å². The Bertz CT molecular complexity index is 1090. The predicted molar refractivity (Wildman–Crippen MR) is 122 cm³/mol. The molecule has 3 aromatic rings. The highest BCUT2D eigenvalue weighted by Gasteiger charge is 2.14. The van der Waals surface area contributed by atoms with Crippen molar-refractivity contribution in [2.24, 2.45) is 0 Å². The van der Waals surface area contributed by atoms with Crippen LogP contribution in [0.5, 0.6) is 11.5 Å². The molecule has 3 rings (SSSR count). The standard InChI is InChI=1S/C24H25BrN2O3/c1-5-27-24(20(25)14-26-27)21(28)10-8-18-9-11-22(29-4)19(13-18)15-30-23-12-16(2)6-7-17(23)3/h6-14H,5,15H2,1-4H3/b10-8+. The van der Waals surface area contributed by atoms with Gasteiger partial charge in [0.05, 0.1) is 17.8 Å². The molecular formula is C24H25BrN2O3. The van der Waals surface area contributed by atoms with E-state index in [2.05, 4.69) is 27.1 Å². The van der Waals surface area contributed by atoms with Gasteiger partial charge in [-0.15, -0.1) is 0 Å². The minimum Gasteiger partial charge on any atom is -0.496 e.